The molecular weight excluding hydrogens is 382 g/mol. The molecule has 0 spiro atoms. The highest BCUT2D eigenvalue weighted by atomic mass is 16.5. The predicted octanol–water partition coefficient (Wildman–Crippen LogP) is 4.74. The van der Waals surface area contributed by atoms with Gasteiger partial charge in [-0.05, 0) is 55.0 Å². The second-order valence-corrected chi connectivity index (χ2v) is 6.51. The number of carbonyl (C=O) groups excluding carboxylic acids is 2. The lowest BCUT2D eigenvalue weighted by molar-refractivity contribution is -0.147. The van der Waals surface area contributed by atoms with E-state index in [2.05, 4.69) is 5.32 Å². The third-order valence-electron chi connectivity index (χ3n) is 4.14. The van der Waals surface area contributed by atoms with Gasteiger partial charge < -0.3 is 19.5 Å². The highest BCUT2D eigenvalue weighted by Crippen LogP contribution is 2.22. The molecule has 6 heteroatoms. The molecule has 0 fully saturated rings. The second-order valence-electron chi connectivity index (χ2n) is 6.51. The van der Waals surface area contributed by atoms with Gasteiger partial charge in [-0.3, -0.25) is 9.59 Å². The zero-order chi connectivity index (χ0) is 21.2. The van der Waals surface area contributed by atoms with Crippen molar-refractivity contribution in [1.29, 1.82) is 0 Å². The van der Waals surface area contributed by atoms with Crippen LogP contribution in [0.15, 0.2) is 78.9 Å². The Morgan fingerprint density at radius 3 is 2.23 bits per heavy atom. The number of carbonyl (C=O) groups is 2. The summed E-state index contributed by atoms with van der Waals surface area (Å²) < 4.78 is 16.2. The molecule has 6 nitrogen and oxygen atoms in total. The lowest BCUT2D eigenvalue weighted by Gasteiger charge is -2.10. The van der Waals surface area contributed by atoms with E-state index in [0.717, 1.165) is 17.1 Å². The van der Waals surface area contributed by atoms with Crippen molar-refractivity contribution < 1.29 is 23.8 Å². The van der Waals surface area contributed by atoms with E-state index < -0.39 is 11.9 Å². The summed E-state index contributed by atoms with van der Waals surface area (Å²) >= 11 is 0. The fourth-order valence-electron chi connectivity index (χ4n) is 2.61. The van der Waals surface area contributed by atoms with E-state index in [0.29, 0.717) is 11.4 Å². The molecule has 3 rings (SSSR count). The Morgan fingerprint density at radius 2 is 1.50 bits per heavy atom. The Morgan fingerprint density at radius 1 is 0.833 bits per heavy atom. The van der Waals surface area contributed by atoms with Gasteiger partial charge in [0.1, 0.15) is 17.2 Å². The minimum atomic E-state index is -0.495. The number of hydrogen-bond acceptors (Lipinski definition) is 5. The molecule has 0 bridgehead atoms. The quantitative estimate of drug-likeness (QED) is 0.521. The number of ether oxygens (including phenoxy) is 3. The van der Waals surface area contributed by atoms with Gasteiger partial charge in [-0.1, -0.05) is 36.4 Å². The van der Waals surface area contributed by atoms with Crippen LogP contribution in [0.5, 0.6) is 17.2 Å². The molecule has 0 radical (unpaired) electrons. The number of amides is 1. The summed E-state index contributed by atoms with van der Waals surface area (Å²) in [5.74, 6) is 1.19. The Labute approximate surface area is 175 Å². The molecule has 154 valence electrons. The maximum atomic E-state index is 12.0. The van der Waals surface area contributed by atoms with Gasteiger partial charge in [0.2, 0.25) is 0 Å². The van der Waals surface area contributed by atoms with Crippen molar-refractivity contribution in [3.63, 3.8) is 0 Å². The van der Waals surface area contributed by atoms with Gasteiger partial charge in [-0.15, -0.1) is 0 Å². The number of para-hydroxylation sites is 2. The van der Waals surface area contributed by atoms with Crippen molar-refractivity contribution in [3.8, 4) is 17.2 Å². The third kappa shape index (κ3) is 6.67. The molecule has 0 saturated carbocycles. The molecule has 0 aliphatic carbocycles. The van der Waals surface area contributed by atoms with Crippen molar-refractivity contribution in [2.45, 2.75) is 13.3 Å². The van der Waals surface area contributed by atoms with Gasteiger partial charge in [0, 0.05) is 5.69 Å². The second kappa shape index (κ2) is 10.7. The number of nitrogens with one attached hydrogen (secondary N) is 1. The smallest absolute Gasteiger partial charge is 0.309 e. The van der Waals surface area contributed by atoms with E-state index in [1.165, 1.54) is 0 Å². The molecule has 3 aromatic carbocycles. The molecule has 0 aliphatic heterocycles. The van der Waals surface area contributed by atoms with Crippen LogP contribution < -0.4 is 14.8 Å². The molecular formula is C24H23NO5. The Bertz CT molecular complexity index is 970. The zero-order valence-corrected chi connectivity index (χ0v) is 16.7. The number of esters is 1. The summed E-state index contributed by atoms with van der Waals surface area (Å²) in [6.07, 6.45) is 0.0626. The molecule has 0 aromatic heterocycles. The van der Waals surface area contributed by atoms with Crippen LogP contribution in [0.25, 0.3) is 0 Å². The summed E-state index contributed by atoms with van der Waals surface area (Å²) in [5.41, 5.74) is 1.57. The molecule has 1 N–H and O–H groups in total. The number of hydrogen-bond donors (Lipinski definition) is 1. The molecule has 0 atom stereocenters. The van der Waals surface area contributed by atoms with E-state index in [4.69, 9.17) is 14.2 Å². The van der Waals surface area contributed by atoms with Crippen LogP contribution in [0.1, 0.15) is 12.0 Å². The zero-order valence-electron chi connectivity index (χ0n) is 16.7. The van der Waals surface area contributed by atoms with Crippen molar-refractivity contribution in [2.75, 3.05) is 18.5 Å². The van der Waals surface area contributed by atoms with Crippen molar-refractivity contribution in [2.24, 2.45) is 0 Å². The van der Waals surface area contributed by atoms with Crippen LogP contribution in [0.2, 0.25) is 0 Å². The molecule has 0 aliphatic rings. The predicted molar refractivity (Wildman–Crippen MR) is 114 cm³/mol. The number of benzene rings is 3. The fourth-order valence-corrected chi connectivity index (χ4v) is 2.61. The Kier molecular flexibility index (Phi) is 7.44. The summed E-state index contributed by atoms with van der Waals surface area (Å²) in [5, 5.41) is 2.67. The van der Waals surface area contributed by atoms with E-state index in [9.17, 15) is 9.59 Å². The first kappa shape index (κ1) is 20.9. The van der Waals surface area contributed by atoms with Gasteiger partial charge in [-0.25, -0.2) is 0 Å². The molecule has 0 unspecified atom stereocenters. The minimum absolute atomic E-state index is 0.0626. The van der Waals surface area contributed by atoms with Crippen LogP contribution in [0, 0.1) is 6.92 Å². The Hall–Kier alpha value is -3.80. The normalized spacial score (nSPS) is 10.2. The number of aryl methyl sites for hydroxylation is 1. The lowest BCUT2D eigenvalue weighted by Crippen LogP contribution is -2.21. The topological polar surface area (TPSA) is 73.9 Å². The number of anilines is 1. The number of rotatable bonds is 9. The van der Waals surface area contributed by atoms with Crippen LogP contribution in [-0.2, 0) is 14.3 Å². The first-order valence-corrected chi connectivity index (χ1v) is 9.57. The van der Waals surface area contributed by atoms with Crippen LogP contribution in [0.3, 0.4) is 0 Å². The standard InChI is InChI=1S/C24H23NO5/c1-18-7-5-6-10-22(18)28-16-15-24(27)29-17-23(26)25-19-11-13-21(14-12-19)30-20-8-3-2-4-9-20/h2-14H,15-17H2,1H3,(H,25,26). The van der Waals surface area contributed by atoms with E-state index in [1.807, 2.05) is 61.5 Å². The van der Waals surface area contributed by atoms with Gasteiger partial charge >= 0.3 is 5.97 Å². The van der Waals surface area contributed by atoms with Gasteiger partial charge in [0.15, 0.2) is 6.61 Å². The Balaban J connectivity index is 1.36. The van der Waals surface area contributed by atoms with Gasteiger partial charge in [0.05, 0.1) is 13.0 Å². The van der Waals surface area contributed by atoms with Crippen molar-refractivity contribution >= 4 is 17.6 Å². The fraction of sp³-hybridized carbons (Fsp3) is 0.167. The van der Waals surface area contributed by atoms with E-state index >= 15 is 0 Å². The van der Waals surface area contributed by atoms with Crippen molar-refractivity contribution in [3.05, 3.63) is 84.4 Å². The summed E-state index contributed by atoms with van der Waals surface area (Å²) in [6.45, 7) is 1.76. The highest BCUT2D eigenvalue weighted by Gasteiger charge is 2.09. The molecule has 0 heterocycles. The average Bonchev–Trinajstić information content (AvgIpc) is 2.76. The average molecular weight is 405 g/mol. The minimum Gasteiger partial charge on any atom is -0.493 e. The third-order valence-corrected chi connectivity index (χ3v) is 4.14. The first-order valence-electron chi connectivity index (χ1n) is 9.57. The SMILES string of the molecule is Cc1ccccc1OCCC(=O)OCC(=O)Nc1ccc(Oc2ccccc2)cc1. The van der Waals surface area contributed by atoms with Crippen LogP contribution >= 0.6 is 0 Å². The van der Waals surface area contributed by atoms with Gasteiger partial charge in [-0.2, -0.15) is 0 Å². The maximum Gasteiger partial charge on any atom is 0.309 e. The van der Waals surface area contributed by atoms with E-state index in [1.54, 1.807) is 24.3 Å². The van der Waals surface area contributed by atoms with Gasteiger partial charge in [0.25, 0.3) is 5.91 Å². The van der Waals surface area contributed by atoms with Crippen LogP contribution in [-0.4, -0.2) is 25.1 Å². The monoisotopic (exact) mass is 405 g/mol. The summed E-state index contributed by atoms with van der Waals surface area (Å²) in [6, 6.07) is 23.9. The molecule has 0 saturated heterocycles. The molecule has 3 aromatic rings. The molecule has 30 heavy (non-hydrogen) atoms. The van der Waals surface area contributed by atoms with E-state index in [-0.39, 0.29) is 19.6 Å². The maximum absolute atomic E-state index is 12.0. The largest absolute Gasteiger partial charge is 0.493 e. The summed E-state index contributed by atoms with van der Waals surface area (Å²) in [7, 11) is 0. The highest BCUT2D eigenvalue weighted by molar-refractivity contribution is 5.92. The van der Waals surface area contributed by atoms with Crippen molar-refractivity contribution in [1.82, 2.24) is 0 Å². The first-order chi connectivity index (χ1) is 14.6. The summed E-state index contributed by atoms with van der Waals surface area (Å²) in [4.78, 5) is 23.8. The lowest BCUT2D eigenvalue weighted by atomic mass is 10.2. The van der Waals surface area contributed by atoms with Crippen LogP contribution in [0.4, 0.5) is 5.69 Å². The molecule has 1 amide bonds.